The minimum Gasteiger partial charge on any atom is -0.469 e. The normalized spacial score (nSPS) is 26.8. The second kappa shape index (κ2) is 4.42. The quantitative estimate of drug-likeness (QED) is 0.343. The predicted molar refractivity (Wildman–Crippen MR) is 41.8 cm³/mol. The standard InChI is InChI=1S/C8H14O4/c1-6-7(12-6)5-11-4-3-8(9)10-2/h6-7H,3-5H2,1-2H3/t6-,7+/m1/s1. The molecule has 4 nitrogen and oxygen atoms in total. The minimum atomic E-state index is -0.236. The summed E-state index contributed by atoms with van der Waals surface area (Å²) in [5.41, 5.74) is 0. The zero-order chi connectivity index (χ0) is 8.97. The average Bonchev–Trinajstić information content (AvgIpc) is 2.75. The second-order valence-corrected chi connectivity index (χ2v) is 2.78. The van der Waals surface area contributed by atoms with Gasteiger partial charge in [0.25, 0.3) is 0 Å². The molecular weight excluding hydrogens is 160 g/mol. The molecule has 2 atom stereocenters. The molecule has 0 N–H and O–H groups in total. The first-order chi connectivity index (χ1) is 5.74. The van der Waals surface area contributed by atoms with Crippen LogP contribution in [0, 0.1) is 0 Å². The third-order valence-electron chi connectivity index (χ3n) is 1.80. The molecule has 12 heavy (non-hydrogen) atoms. The highest BCUT2D eigenvalue weighted by Crippen LogP contribution is 2.20. The first-order valence-corrected chi connectivity index (χ1v) is 4.04. The van der Waals surface area contributed by atoms with Crippen molar-refractivity contribution in [2.45, 2.75) is 25.6 Å². The van der Waals surface area contributed by atoms with Crippen LogP contribution < -0.4 is 0 Å². The summed E-state index contributed by atoms with van der Waals surface area (Å²) in [6.07, 6.45) is 0.878. The minimum absolute atomic E-state index is 0.236. The summed E-state index contributed by atoms with van der Waals surface area (Å²) >= 11 is 0. The van der Waals surface area contributed by atoms with Crippen molar-refractivity contribution in [3.63, 3.8) is 0 Å². The summed E-state index contributed by atoms with van der Waals surface area (Å²) in [6, 6.07) is 0. The van der Waals surface area contributed by atoms with Crippen molar-refractivity contribution in [2.75, 3.05) is 20.3 Å². The van der Waals surface area contributed by atoms with Gasteiger partial charge in [-0.2, -0.15) is 0 Å². The van der Waals surface area contributed by atoms with Gasteiger partial charge in [0.2, 0.25) is 0 Å². The smallest absolute Gasteiger partial charge is 0.307 e. The molecule has 1 aliphatic heterocycles. The molecule has 0 saturated carbocycles. The molecule has 0 amide bonds. The summed E-state index contributed by atoms with van der Waals surface area (Å²) in [4.78, 5) is 10.6. The molecule has 70 valence electrons. The zero-order valence-corrected chi connectivity index (χ0v) is 7.41. The Bertz CT molecular complexity index is 157. The molecule has 0 radical (unpaired) electrons. The molecule has 1 saturated heterocycles. The van der Waals surface area contributed by atoms with Gasteiger partial charge in [-0.25, -0.2) is 0 Å². The Labute approximate surface area is 71.8 Å². The summed E-state index contributed by atoms with van der Waals surface area (Å²) in [7, 11) is 1.37. The SMILES string of the molecule is COC(=O)CCOC[C@@H]1O[C@@H]1C. The Morgan fingerprint density at radius 2 is 2.25 bits per heavy atom. The molecule has 1 aliphatic rings. The van der Waals surface area contributed by atoms with Crippen LogP contribution in [0.25, 0.3) is 0 Å². The third-order valence-corrected chi connectivity index (χ3v) is 1.80. The van der Waals surface area contributed by atoms with Crippen molar-refractivity contribution in [1.82, 2.24) is 0 Å². The number of carbonyl (C=O) groups is 1. The van der Waals surface area contributed by atoms with Crippen molar-refractivity contribution < 1.29 is 19.0 Å². The van der Waals surface area contributed by atoms with E-state index in [1.165, 1.54) is 7.11 Å². The Kier molecular flexibility index (Phi) is 3.49. The van der Waals surface area contributed by atoms with Gasteiger partial charge in [-0.15, -0.1) is 0 Å². The molecule has 0 bridgehead atoms. The van der Waals surface area contributed by atoms with Gasteiger partial charge >= 0.3 is 5.97 Å². The van der Waals surface area contributed by atoms with Gasteiger partial charge in [-0.1, -0.05) is 0 Å². The summed E-state index contributed by atoms with van der Waals surface area (Å²) in [5, 5.41) is 0. The molecular formula is C8H14O4. The van der Waals surface area contributed by atoms with Crippen molar-refractivity contribution >= 4 is 5.97 Å². The highest BCUT2D eigenvalue weighted by molar-refractivity contribution is 5.69. The number of hydrogen-bond acceptors (Lipinski definition) is 4. The summed E-state index contributed by atoms with van der Waals surface area (Å²) in [6.45, 7) is 2.99. The van der Waals surface area contributed by atoms with Crippen LogP contribution in [0.2, 0.25) is 0 Å². The van der Waals surface area contributed by atoms with Crippen molar-refractivity contribution in [3.05, 3.63) is 0 Å². The van der Waals surface area contributed by atoms with E-state index in [1.807, 2.05) is 6.92 Å². The number of hydrogen-bond donors (Lipinski definition) is 0. The lowest BCUT2D eigenvalue weighted by Gasteiger charge is -1.99. The molecule has 1 heterocycles. The van der Waals surface area contributed by atoms with Gasteiger partial charge in [0.05, 0.1) is 32.8 Å². The average molecular weight is 174 g/mol. The van der Waals surface area contributed by atoms with Gasteiger partial charge in [0.15, 0.2) is 0 Å². The number of epoxide rings is 1. The fraction of sp³-hybridized carbons (Fsp3) is 0.875. The number of esters is 1. The van der Waals surface area contributed by atoms with Crippen molar-refractivity contribution in [1.29, 1.82) is 0 Å². The second-order valence-electron chi connectivity index (χ2n) is 2.78. The fourth-order valence-corrected chi connectivity index (χ4v) is 0.862. The van der Waals surface area contributed by atoms with Crippen LogP contribution in [0.4, 0.5) is 0 Å². The van der Waals surface area contributed by atoms with E-state index in [4.69, 9.17) is 9.47 Å². The summed E-state index contributed by atoms with van der Waals surface area (Å²) < 4.78 is 14.7. The highest BCUT2D eigenvalue weighted by atomic mass is 16.6. The maximum atomic E-state index is 10.6. The monoisotopic (exact) mass is 174 g/mol. The molecule has 0 unspecified atom stereocenters. The van der Waals surface area contributed by atoms with Crippen LogP contribution >= 0.6 is 0 Å². The van der Waals surface area contributed by atoms with Gasteiger partial charge in [-0.3, -0.25) is 4.79 Å². The molecule has 0 aliphatic carbocycles. The van der Waals surface area contributed by atoms with E-state index in [1.54, 1.807) is 0 Å². The Balaban J connectivity index is 1.86. The molecule has 0 aromatic carbocycles. The van der Waals surface area contributed by atoms with Gasteiger partial charge in [0.1, 0.15) is 6.10 Å². The Hall–Kier alpha value is -0.610. The van der Waals surface area contributed by atoms with Crippen LogP contribution in [0.1, 0.15) is 13.3 Å². The fourth-order valence-electron chi connectivity index (χ4n) is 0.862. The van der Waals surface area contributed by atoms with Gasteiger partial charge in [0, 0.05) is 0 Å². The van der Waals surface area contributed by atoms with Crippen LogP contribution in [0.3, 0.4) is 0 Å². The number of methoxy groups -OCH3 is 1. The molecule has 1 rings (SSSR count). The van der Waals surface area contributed by atoms with E-state index in [-0.39, 0.29) is 12.1 Å². The lowest BCUT2D eigenvalue weighted by Crippen LogP contribution is -2.09. The largest absolute Gasteiger partial charge is 0.469 e. The highest BCUT2D eigenvalue weighted by Gasteiger charge is 2.33. The van der Waals surface area contributed by atoms with Crippen LogP contribution in [-0.2, 0) is 19.0 Å². The van der Waals surface area contributed by atoms with E-state index >= 15 is 0 Å². The maximum absolute atomic E-state index is 10.6. The number of ether oxygens (including phenoxy) is 3. The van der Waals surface area contributed by atoms with Crippen LogP contribution in [-0.4, -0.2) is 38.5 Å². The topological polar surface area (TPSA) is 48.1 Å². The molecule has 1 fully saturated rings. The van der Waals surface area contributed by atoms with Gasteiger partial charge < -0.3 is 14.2 Å². The lowest BCUT2D eigenvalue weighted by molar-refractivity contribution is -0.141. The van der Waals surface area contributed by atoms with E-state index in [9.17, 15) is 4.79 Å². The van der Waals surface area contributed by atoms with E-state index in [0.29, 0.717) is 25.7 Å². The van der Waals surface area contributed by atoms with E-state index in [2.05, 4.69) is 4.74 Å². The molecule has 0 aromatic heterocycles. The molecule has 0 aromatic rings. The first kappa shape index (κ1) is 9.48. The molecule has 0 spiro atoms. The number of carbonyl (C=O) groups excluding carboxylic acids is 1. The Morgan fingerprint density at radius 3 is 2.75 bits per heavy atom. The Morgan fingerprint density at radius 1 is 1.58 bits per heavy atom. The zero-order valence-electron chi connectivity index (χ0n) is 7.41. The number of rotatable bonds is 5. The van der Waals surface area contributed by atoms with Crippen molar-refractivity contribution in [2.24, 2.45) is 0 Å². The van der Waals surface area contributed by atoms with Crippen LogP contribution in [0.5, 0.6) is 0 Å². The predicted octanol–water partition coefficient (Wildman–Crippen LogP) is 0.353. The third kappa shape index (κ3) is 3.19. The summed E-state index contributed by atoms with van der Waals surface area (Å²) in [5.74, 6) is -0.236. The molecule has 4 heteroatoms. The van der Waals surface area contributed by atoms with E-state index in [0.717, 1.165) is 0 Å². The van der Waals surface area contributed by atoms with Crippen LogP contribution in [0.15, 0.2) is 0 Å². The lowest BCUT2D eigenvalue weighted by atomic mass is 10.4. The first-order valence-electron chi connectivity index (χ1n) is 4.04. The maximum Gasteiger partial charge on any atom is 0.307 e. The van der Waals surface area contributed by atoms with E-state index < -0.39 is 0 Å². The van der Waals surface area contributed by atoms with Crippen molar-refractivity contribution in [3.8, 4) is 0 Å². The van der Waals surface area contributed by atoms with Gasteiger partial charge in [-0.05, 0) is 6.92 Å².